The first-order valence-corrected chi connectivity index (χ1v) is 4.61. The fraction of sp³-hybridized carbons (Fsp3) is 0.273. The van der Waals surface area contributed by atoms with E-state index in [4.69, 9.17) is 0 Å². The van der Waals surface area contributed by atoms with Crippen molar-refractivity contribution in [3.63, 3.8) is 0 Å². The standard InChI is InChI=1S/C11H10F2O3/c1-6(2)16-11(15)10(14)7-3-8(12)5-9(13)4-7/h3-6H,1-2H3. The topological polar surface area (TPSA) is 43.4 Å². The van der Waals surface area contributed by atoms with Crippen LogP contribution in [0.2, 0.25) is 0 Å². The average molecular weight is 228 g/mol. The van der Waals surface area contributed by atoms with Crippen molar-refractivity contribution < 1.29 is 23.1 Å². The number of carbonyl (C=O) groups is 2. The summed E-state index contributed by atoms with van der Waals surface area (Å²) in [7, 11) is 0. The molecule has 0 bridgehead atoms. The van der Waals surface area contributed by atoms with E-state index in [0.717, 1.165) is 12.1 Å². The van der Waals surface area contributed by atoms with Crippen LogP contribution < -0.4 is 0 Å². The molecular formula is C11H10F2O3. The molecule has 0 radical (unpaired) electrons. The number of hydrogen-bond acceptors (Lipinski definition) is 3. The molecule has 0 spiro atoms. The lowest BCUT2D eigenvalue weighted by atomic mass is 10.1. The van der Waals surface area contributed by atoms with E-state index in [-0.39, 0.29) is 5.56 Å². The van der Waals surface area contributed by atoms with E-state index in [1.165, 1.54) is 0 Å². The molecule has 0 aliphatic rings. The van der Waals surface area contributed by atoms with Crippen molar-refractivity contribution in [3.05, 3.63) is 35.4 Å². The Hall–Kier alpha value is -1.78. The van der Waals surface area contributed by atoms with E-state index in [2.05, 4.69) is 4.74 Å². The second-order valence-electron chi connectivity index (χ2n) is 3.44. The Balaban J connectivity index is 2.92. The molecule has 0 atom stereocenters. The van der Waals surface area contributed by atoms with E-state index in [1.54, 1.807) is 13.8 Å². The van der Waals surface area contributed by atoms with Gasteiger partial charge in [0.1, 0.15) is 11.6 Å². The molecule has 0 amide bonds. The van der Waals surface area contributed by atoms with Gasteiger partial charge in [-0.3, -0.25) is 4.79 Å². The van der Waals surface area contributed by atoms with Crippen LogP contribution in [0.15, 0.2) is 18.2 Å². The van der Waals surface area contributed by atoms with Gasteiger partial charge in [0.2, 0.25) is 0 Å². The van der Waals surface area contributed by atoms with Crippen LogP contribution >= 0.6 is 0 Å². The summed E-state index contributed by atoms with van der Waals surface area (Å²) in [5, 5.41) is 0. The highest BCUT2D eigenvalue weighted by molar-refractivity contribution is 6.40. The molecule has 0 fully saturated rings. The van der Waals surface area contributed by atoms with E-state index in [1.807, 2.05) is 0 Å². The summed E-state index contributed by atoms with van der Waals surface area (Å²) in [5.41, 5.74) is -0.358. The molecule has 3 nitrogen and oxygen atoms in total. The maximum Gasteiger partial charge on any atom is 0.379 e. The summed E-state index contributed by atoms with van der Waals surface area (Å²) in [6, 6.07) is 2.19. The van der Waals surface area contributed by atoms with Crippen molar-refractivity contribution in [2.24, 2.45) is 0 Å². The first-order valence-electron chi connectivity index (χ1n) is 4.61. The Kier molecular flexibility index (Phi) is 3.71. The first kappa shape index (κ1) is 12.3. The molecule has 86 valence electrons. The number of ketones is 1. The summed E-state index contributed by atoms with van der Waals surface area (Å²) in [6.45, 7) is 3.13. The quantitative estimate of drug-likeness (QED) is 0.452. The van der Waals surface area contributed by atoms with Crippen LogP contribution in [0, 0.1) is 11.6 Å². The predicted octanol–water partition coefficient (Wildman–Crippen LogP) is 2.10. The van der Waals surface area contributed by atoms with Gasteiger partial charge in [-0.2, -0.15) is 0 Å². The molecule has 0 aliphatic carbocycles. The Bertz CT molecular complexity index is 407. The lowest BCUT2D eigenvalue weighted by Gasteiger charge is -2.06. The van der Waals surface area contributed by atoms with Gasteiger partial charge in [-0.05, 0) is 26.0 Å². The minimum Gasteiger partial charge on any atom is -0.457 e. The van der Waals surface area contributed by atoms with Gasteiger partial charge in [-0.25, -0.2) is 13.6 Å². The van der Waals surface area contributed by atoms with E-state index >= 15 is 0 Å². The Morgan fingerprint density at radius 2 is 1.62 bits per heavy atom. The van der Waals surface area contributed by atoms with E-state index in [0.29, 0.717) is 6.07 Å². The van der Waals surface area contributed by atoms with Crippen molar-refractivity contribution in [1.29, 1.82) is 0 Å². The van der Waals surface area contributed by atoms with Crippen molar-refractivity contribution in [3.8, 4) is 0 Å². The predicted molar refractivity (Wildman–Crippen MR) is 51.9 cm³/mol. The highest BCUT2D eigenvalue weighted by atomic mass is 19.1. The first-order chi connectivity index (χ1) is 7.40. The third-order valence-electron chi connectivity index (χ3n) is 1.65. The van der Waals surface area contributed by atoms with Crippen molar-refractivity contribution >= 4 is 11.8 Å². The van der Waals surface area contributed by atoms with Crippen molar-refractivity contribution in [2.75, 3.05) is 0 Å². The molecule has 1 aromatic carbocycles. The average Bonchev–Trinajstić information content (AvgIpc) is 2.13. The van der Waals surface area contributed by atoms with Crippen LogP contribution in [0.25, 0.3) is 0 Å². The molecule has 0 aliphatic heterocycles. The monoisotopic (exact) mass is 228 g/mol. The molecule has 0 aromatic heterocycles. The summed E-state index contributed by atoms with van der Waals surface area (Å²) in [5.74, 6) is -4.02. The minimum atomic E-state index is -1.13. The Morgan fingerprint density at radius 3 is 2.06 bits per heavy atom. The van der Waals surface area contributed by atoms with Gasteiger partial charge in [0.05, 0.1) is 6.10 Å². The molecule has 5 heteroatoms. The van der Waals surface area contributed by atoms with Gasteiger partial charge in [0, 0.05) is 11.6 Å². The number of benzene rings is 1. The molecule has 16 heavy (non-hydrogen) atoms. The fourth-order valence-corrected chi connectivity index (χ4v) is 1.07. The third-order valence-corrected chi connectivity index (χ3v) is 1.65. The molecule has 0 saturated carbocycles. The van der Waals surface area contributed by atoms with E-state index < -0.39 is 29.5 Å². The number of esters is 1. The third kappa shape index (κ3) is 3.12. The SMILES string of the molecule is CC(C)OC(=O)C(=O)c1cc(F)cc(F)c1. The second-order valence-corrected chi connectivity index (χ2v) is 3.44. The van der Waals surface area contributed by atoms with Gasteiger partial charge < -0.3 is 4.74 Å². The molecule has 0 N–H and O–H groups in total. The van der Waals surface area contributed by atoms with E-state index in [9.17, 15) is 18.4 Å². The zero-order chi connectivity index (χ0) is 12.3. The van der Waals surface area contributed by atoms with Gasteiger partial charge in [0.15, 0.2) is 0 Å². The maximum absolute atomic E-state index is 12.8. The molecular weight excluding hydrogens is 218 g/mol. The number of carbonyl (C=O) groups excluding carboxylic acids is 2. The van der Waals surface area contributed by atoms with Crippen LogP contribution in [0.5, 0.6) is 0 Å². The smallest absolute Gasteiger partial charge is 0.379 e. The van der Waals surface area contributed by atoms with Gasteiger partial charge in [-0.1, -0.05) is 0 Å². The van der Waals surface area contributed by atoms with Crippen LogP contribution in [0.4, 0.5) is 8.78 Å². The normalized spacial score (nSPS) is 10.3. The summed E-state index contributed by atoms with van der Waals surface area (Å²) >= 11 is 0. The molecule has 0 unspecified atom stereocenters. The molecule has 1 rings (SSSR count). The molecule has 1 aromatic rings. The summed E-state index contributed by atoms with van der Waals surface area (Å²) < 4.78 is 30.2. The van der Waals surface area contributed by atoms with Crippen LogP contribution in [0.1, 0.15) is 24.2 Å². The lowest BCUT2D eigenvalue weighted by molar-refractivity contribution is -0.141. The Morgan fingerprint density at radius 1 is 1.12 bits per heavy atom. The number of rotatable bonds is 3. The summed E-state index contributed by atoms with van der Waals surface area (Å²) in [6.07, 6.45) is -0.463. The highest BCUT2D eigenvalue weighted by Gasteiger charge is 2.20. The van der Waals surface area contributed by atoms with Gasteiger partial charge in [-0.15, -0.1) is 0 Å². The summed E-state index contributed by atoms with van der Waals surface area (Å²) in [4.78, 5) is 22.5. The maximum atomic E-state index is 12.8. The molecule has 0 heterocycles. The highest BCUT2D eigenvalue weighted by Crippen LogP contribution is 2.09. The second kappa shape index (κ2) is 4.83. The fourth-order valence-electron chi connectivity index (χ4n) is 1.07. The zero-order valence-corrected chi connectivity index (χ0v) is 8.79. The Labute approximate surface area is 91.0 Å². The lowest BCUT2D eigenvalue weighted by Crippen LogP contribution is -2.21. The van der Waals surface area contributed by atoms with Crippen molar-refractivity contribution in [2.45, 2.75) is 20.0 Å². The van der Waals surface area contributed by atoms with Crippen LogP contribution in [-0.2, 0) is 9.53 Å². The molecule has 0 saturated heterocycles. The van der Waals surface area contributed by atoms with Crippen LogP contribution in [-0.4, -0.2) is 17.9 Å². The number of halogens is 2. The van der Waals surface area contributed by atoms with Crippen LogP contribution in [0.3, 0.4) is 0 Å². The minimum absolute atomic E-state index is 0.358. The zero-order valence-electron chi connectivity index (χ0n) is 8.79. The number of hydrogen-bond donors (Lipinski definition) is 0. The van der Waals surface area contributed by atoms with Gasteiger partial charge in [0.25, 0.3) is 5.78 Å². The number of ether oxygens (including phenoxy) is 1. The van der Waals surface area contributed by atoms with Crippen molar-refractivity contribution in [1.82, 2.24) is 0 Å². The largest absolute Gasteiger partial charge is 0.457 e. The number of Topliss-reactive ketones (excluding diaryl/α,β-unsaturated/α-hetero) is 1. The van der Waals surface area contributed by atoms with Gasteiger partial charge >= 0.3 is 5.97 Å².